The Labute approximate surface area is 115 Å². The second-order valence-corrected chi connectivity index (χ2v) is 4.39. The van der Waals surface area contributed by atoms with Crippen molar-refractivity contribution in [3.05, 3.63) is 71.8 Å². The van der Waals surface area contributed by atoms with Gasteiger partial charge in [0.1, 0.15) is 5.69 Å². The predicted octanol–water partition coefficient (Wildman–Crippen LogP) is 2.20. The first-order valence-corrected chi connectivity index (χ1v) is 6.19. The highest BCUT2D eigenvalue weighted by Crippen LogP contribution is 2.15. The van der Waals surface area contributed by atoms with Gasteiger partial charge in [-0.15, -0.1) is 5.10 Å². The summed E-state index contributed by atoms with van der Waals surface area (Å²) >= 11 is 0. The molecule has 3 aromatic rings. The molecule has 0 spiro atoms. The molecule has 0 atom stereocenters. The highest BCUT2D eigenvalue weighted by atomic mass is 16.1. The number of carbonyl (C=O) groups is 1. The van der Waals surface area contributed by atoms with Crippen molar-refractivity contribution < 1.29 is 4.79 Å². The topological polar surface area (TPSA) is 60.7 Å². The van der Waals surface area contributed by atoms with Crippen LogP contribution in [0.15, 0.2) is 55.0 Å². The summed E-state index contributed by atoms with van der Waals surface area (Å²) in [7, 11) is 0. The highest BCUT2D eigenvalue weighted by molar-refractivity contribution is 6.08. The van der Waals surface area contributed by atoms with Crippen LogP contribution in [0.4, 0.5) is 0 Å². The molecule has 0 N–H and O–H groups in total. The number of hydrogen-bond donors (Lipinski definition) is 0. The third-order valence-corrected chi connectivity index (χ3v) is 3.07. The number of aromatic nitrogens is 4. The quantitative estimate of drug-likeness (QED) is 0.680. The average molecular weight is 264 g/mol. The first kappa shape index (κ1) is 12.2. The lowest BCUT2D eigenvalue weighted by atomic mass is 10.1. The lowest BCUT2D eigenvalue weighted by molar-refractivity contribution is 0.103. The molecule has 98 valence electrons. The molecule has 2 aromatic heterocycles. The largest absolute Gasteiger partial charge is 0.287 e. The molecule has 0 saturated heterocycles. The van der Waals surface area contributed by atoms with Gasteiger partial charge in [-0.3, -0.25) is 9.78 Å². The molecule has 3 rings (SSSR count). The first-order valence-electron chi connectivity index (χ1n) is 6.19. The molecule has 0 bridgehead atoms. The molecular formula is C15H12N4O. The van der Waals surface area contributed by atoms with Crippen LogP contribution in [-0.2, 0) is 0 Å². The summed E-state index contributed by atoms with van der Waals surface area (Å²) < 4.78 is 1.54. The summed E-state index contributed by atoms with van der Waals surface area (Å²) in [6.07, 6.45) is 4.71. The minimum atomic E-state index is -0.135. The summed E-state index contributed by atoms with van der Waals surface area (Å²) in [4.78, 5) is 16.6. The van der Waals surface area contributed by atoms with Gasteiger partial charge in [-0.2, -0.15) is 0 Å². The Morgan fingerprint density at radius 2 is 1.90 bits per heavy atom. The van der Waals surface area contributed by atoms with E-state index in [9.17, 15) is 4.79 Å². The van der Waals surface area contributed by atoms with E-state index in [-0.39, 0.29) is 5.78 Å². The van der Waals surface area contributed by atoms with Crippen LogP contribution in [0.5, 0.6) is 0 Å². The number of hydrogen-bond acceptors (Lipinski definition) is 4. The van der Waals surface area contributed by atoms with Crippen molar-refractivity contribution in [2.45, 2.75) is 6.92 Å². The summed E-state index contributed by atoms with van der Waals surface area (Å²) in [5, 5.41) is 7.83. The van der Waals surface area contributed by atoms with Crippen molar-refractivity contribution in [1.82, 2.24) is 20.0 Å². The van der Waals surface area contributed by atoms with Crippen molar-refractivity contribution in [3.63, 3.8) is 0 Å². The third-order valence-electron chi connectivity index (χ3n) is 3.07. The third kappa shape index (κ3) is 2.09. The van der Waals surface area contributed by atoms with Crippen molar-refractivity contribution in [2.75, 3.05) is 0 Å². The van der Waals surface area contributed by atoms with Gasteiger partial charge in [0.25, 0.3) is 0 Å². The molecule has 0 radical (unpaired) electrons. The van der Waals surface area contributed by atoms with Crippen molar-refractivity contribution in [1.29, 1.82) is 0 Å². The summed E-state index contributed by atoms with van der Waals surface area (Å²) in [5.74, 6) is -0.135. The van der Waals surface area contributed by atoms with Gasteiger partial charge in [0, 0.05) is 18.0 Å². The van der Waals surface area contributed by atoms with Crippen LogP contribution in [0, 0.1) is 6.92 Å². The zero-order chi connectivity index (χ0) is 13.9. The van der Waals surface area contributed by atoms with Crippen LogP contribution < -0.4 is 0 Å². The number of para-hydroxylation sites is 1. The molecule has 0 unspecified atom stereocenters. The molecule has 5 heteroatoms. The molecule has 0 fully saturated rings. The van der Waals surface area contributed by atoms with Gasteiger partial charge in [0.2, 0.25) is 5.78 Å². The van der Waals surface area contributed by atoms with E-state index in [2.05, 4.69) is 15.3 Å². The Kier molecular flexibility index (Phi) is 3.09. The number of benzene rings is 1. The molecule has 0 saturated carbocycles. The van der Waals surface area contributed by atoms with Crippen LogP contribution in [-0.4, -0.2) is 25.8 Å². The molecule has 0 aliphatic rings. The molecule has 0 aliphatic heterocycles. The average Bonchev–Trinajstić information content (AvgIpc) is 2.97. The van der Waals surface area contributed by atoms with Gasteiger partial charge in [0.05, 0.1) is 11.9 Å². The van der Waals surface area contributed by atoms with Crippen molar-refractivity contribution in [2.24, 2.45) is 0 Å². The molecule has 5 nitrogen and oxygen atoms in total. The van der Waals surface area contributed by atoms with Crippen molar-refractivity contribution >= 4 is 5.78 Å². The zero-order valence-electron chi connectivity index (χ0n) is 10.9. The number of ketones is 1. The van der Waals surface area contributed by atoms with E-state index < -0.39 is 0 Å². The summed E-state index contributed by atoms with van der Waals surface area (Å²) in [5.41, 5.74) is 2.67. The van der Waals surface area contributed by atoms with Crippen LogP contribution >= 0.6 is 0 Å². The number of carbonyl (C=O) groups excluding carboxylic acids is 1. The predicted molar refractivity (Wildman–Crippen MR) is 73.8 cm³/mol. The lowest BCUT2D eigenvalue weighted by Gasteiger charge is -2.06. The minimum Gasteiger partial charge on any atom is -0.287 e. The fourth-order valence-corrected chi connectivity index (χ4v) is 1.99. The van der Waals surface area contributed by atoms with Gasteiger partial charge in [-0.05, 0) is 30.7 Å². The van der Waals surface area contributed by atoms with Crippen LogP contribution in [0.2, 0.25) is 0 Å². The van der Waals surface area contributed by atoms with Crippen molar-refractivity contribution in [3.8, 4) is 5.69 Å². The Morgan fingerprint density at radius 1 is 1.10 bits per heavy atom. The molecule has 2 heterocycles. The van der Waals surface area contributed by atoms with E-state index in [1.807, 2.05) is 43.3 Å². The van der Waals surface area contributed by atoms with Crippen LogP contribution in [0.1, 0.15) is 21.6 Å². The molecular weight excluding hydrogens is 252 g/mol. The Morgan fingerprint density at radius 3 is 2.65 bits per heavy atom. The lowest BCUT2D eigenvalue weighted by Crippen LogP contribution is -2.11. The fraction of sp³-hybridized carbons (Fsp3) is 0.0667. The standard InChI is InChI=1S/C15H12N4O/c1-11-7-8-16-9-13(11)15(20)14-10-17-18-19(14)12-5-3-2-4-6-12/h2-10H,1H3. The smallest absolute Gasteiger partial charge is 0.214 e. The number of pyridine rings is 1. The van der Waals surface area contributed by atoms with Crippen LogP contribution in [0.3, 0.4) is 0 Å². The maximum atomic E-state index is 12.6. The highest BCUT2D eigenvalue weighted by Gasteiger charge is 2.18. The SMILES string of the molecule is Cc1ccncc1C(=O)c1cnnn1-c1ccccc1. The number of aryl methyl sites for hydroxylation is 1. The normalized spacial score (nSPS) is 10.4. The minimum absolute atomic E-state index is 0.135. The first-order chi connectivity index (χ1) is 9.77. The summed E-state index contributed by atoms with van der Waals surface area (Å²) in [6.45, 7) is 1.88. The Bertz CT molecular complexity index is 749. The van der Waals surface area contributed by atoms with E-state index in [0.717, 1.165) is 11.3 Å². The number of rotatable bonds is 3. The maximum absolute atomic E-state index is 12.6. The fourth-order valence-electron chi connectivity index (χ4n) is 1.99. The second-order valence-electron chi connectivity index (χ2n) is 4.39. The van der Waals surface area contributed by atoms with Gasteiger partial charge in [-0.25, -0.2) is 4.68 Å². The maximum Gasteiger partial charge on any atom is 0.214 e. The van der Waals surface area contributed by atoms with Gasteiger partial charge >= 0.3 is 0 Å². The van der Waals surface area contributed by atoms with E-state index in [1.165, 1.54) is 10.9 Å². The van der Waals surface area contributed by atoms with Gasteiger partial charge in [0.15, 0.2) is 0 Å². The molecule has 0 aliphatic carbocycles. The molecule has 20 heavy (non-hydrogen) atoms. The Balaban J connectivity index is 2.07. The van der Waals surface area contributed by atoms with Gasteiger partial charge in [-0.1, -0.05) is 23.4 Å². The monoisotopic (exact) mass is 264 g/mol. The molecule has 1 aromatic carbocycles. The van der Waals surface area contributed by atoms with Crippen LogP contribution in [0.25, 0.3) is 5.69 Å². The number of nitrogens with zero attached hydrogens (tertiary/aromatic N) is 4. The van der Waals surface area contributed by atoms with E-state index in [0.29, 0.717) is 11.3 Å². The van der Waals surface area contributed by atoms with E-state index in [1.54, 1.807) is 12.4 Å². The second kappa shape index (κ2) is 5.05. The summed E-state index contributed by atoms with van der Waals surface area (Å²) in [6, 6.07) is 11.3. The zero-order valence-corrected chi connectivity index (χ0v) is 10.9. The van der Waals surface area contributed by atoms with E-state index >= 15 is 0 Å². The Hall–Kier alpha value is -2.82. The van der Waals surface area contributed by atoms with E-state index in [4.69, 9.17) is 0 Å². The molecule has 0 amide bonds. The van der Waals surface area contributed by atoms with Gasteiger partial charge < -0.3 is 0 Å².